The van der Waals surface area contributed by atoms with Gasteiger partial charge in [-0.1, -0.05) is 17.7 Å². The molecule has 4 N–H and O–H groups in total. The van der Waals surface area contributed by atoms with Gasteiger partial charge in [0.15, 0.2) is 0 Å². The van der Waals surface area contributed by atoms with Crippen molar-refractivity contribution >= 4 is 10.1 Å². The molecule has 8 nitrogen and oxygen atoms in total. The number of aliphatic hydroxyl groups excluding tert-OH is 3. The molecule has 0 aliphatic carbocycles. The fourth-order valence-electron chi connectivity index (χ4n) is 1.33. The zero-order chi connectivity index (χ0) is 21.4. The Hall–Kier alpha value is -0.0700. The van der Waals surface area contributed by atoms with E-state index >= 15 is 0 Å². The van der Waals surface area contributed by atoms with E-state index in [-0.39, 0.29) is 39.9 Å². The summed E-state index contributed by atoms with van der Waals surface area (Å²) in [6.45, 7) is 12.1. The van der Waals surface area contributed by atoms with E-state index in [0.717, 1.165) is 5.56 Å². The number of aliphatic hydroxyl groups is 3. The van der Waals surface area contributed by atoms with Crippen LogP contribution in [0.15, 0.2) is 29.2 Å². The molecule has 1 heterocycles. The topological polar surface area (TPSA) is 147 Å². The van der Waals surface area contributed by atoms with Crippen molar-refractivity contribution in [2.45, 2.75) is 90.0 Å². The normalized spacial score (nSPS) is 21.3. The maximum atomic E-state index is 11.7. The quantitative estimate of drug-likeness (QED) is 0.292. The molecule has 2 rings (SSSR count). The average molecular weight is 447 g/mol. The van der Waals surface area contributed by atoms with Gasteiger partial charge >= 0.3 is 29.6 Å². The maximum Gasteiger partial charge on any atom is 1.00 e. The number of hydrogen-bond acceptors (Lipinski definition) is 8. The summed E-state index contributed by atoms with van der Waals surface area (Å²) < 4.78 is 33.2. The summed E-state index contributed by atoms with van der Waals surface area (Å²) in [4.78, 5) is 0.102. The molecule has 0 bridgehead atoms. The van der Waals surface area contributed by atoms with Gasteiger partial charge in [-0.15, -0.1) is 0 Å². The van der Waals surface area contributed by atoms with E-state index in [1.54, 1.807) is 26.0 Å². The number of hydrogen-bond donors (Lipinski definition) is 3. The van der Waals surface area contributed by atoms with Crippen molar-refractivity contribution in [2.75, 3.05) is 0 Å². The molecule has 166 valence electrons. The summed E-state index contributed by atoms with van der Waals surface area (Å²) in [5.74, 6) is 0. The Bertz CT molecular complexity index is 620. The first-order valence-corrected chi connectivity index (χ1v) is 10.4. The third-order valence-electron chi connectivity index (χ3n) is 3.98. The van der Waals surface area contributed by atoms with E-state index in [2.05, 4.69) is 13.8 Å². The third kappa shape index (κ3) is 15.4. The van der Waals surface area contributed by atoms with Gasteiger partial charge < -0.3 is 25.5 Å². The smallest absolute Gasteiger partial charge is 0.870 e. The van der Waals surface area contributed by atoms with E-state index in [4.69, 9.17) is 19.1 Å². The minimum Gasteiger partial charge on any atom is -0.870 e. The zero-order valence-electron chi connectivity index (χ0n) is 18.6. The Morgan fingerprint density at radius 3 is 1.48 bits per heavy atom. The van der Waals surface area contributed by atoms with Gasteiger partial charge in [0.2, 0.25) is 0 Å². The molecule has 0 unspecified atom stereocenters. The van der Waals surface area contributed by atoms with Crippen LogP contribution in [0.2, 0.25) is 0 Å². The maximum absolute atomic E-state index is 11.7. The van der Waals surface area contributed by atoms with Crippen LogP contribution < -0.4 is 29.6 Å². The van der Waals surface area contributed by atoms with E-state index < -0.39 is 34.5 Å². The predicted octanol–water partition coefficient (Wildman–Crippen LogP) is -1.16. The first-order valence-electron chi connectivity index (χ1n) is 8.97. The molecule has 0 amide bonds. The van der Waals surface area contributed by atoms with Gasteiger partial charge in [0.1, 0.15) is 6.10 Å². The van der Waals surface area contributed by atoms with Crippen LogP contribution in [0.1, 0.15) is 47.1 Å². The van der Waals surface area contributed by atoms with Gasteiger partial charge in [-0.25, -0.2) is 0 Å². The van der Waals surface area contributed by atoms with Gasteiger partial charge in [-0.05, 0) is 60.6 Å². The van der Waals surface area contributed by atoms with E-state index in [0.29, 0.717) is 12.2 Å². The summed E-state index contributed by atoms with van der Waals surface area (Å²) >= 11 is 0. The first-order chi connectivity index (χ1) is 12.3. The molecule has 1 aromatic rings. The molecule has 0 radical (unpaired) electrons. The van der Waals surface area contributed by atoms with Crippen LogP contribution >= 0.6 is 0 Å². The number of aryl methyl sites for hydroxylation is 1. The molecule has 6 atom stereocenters. The molecule has 1 fully saturated rings. The second kappa shape index (κ2) is 15.7. The van der Waals surface area contributed by atoms with Crippen LogP contribution in [0.25, 0.3) is 0 Å². The summed E-state index contributed by atoms with van der Waals surface area (Å²) in [5.41, 5.74) is 0.975. The predicted molar refractivity (Wildman–Crippen MR) is 106 cm³/mol. The third-order valence-corrected chi connectivity index (χ3v) is 5.39. The molecule has 1 aromatic carbocycles. The van der Waals surface area contributed by atoms with Gasteiger partial charge in [0.05, 0.1) is 35.4 Å². The zero-order valence-corrected chi connectivity index (χ0v) is 21.4. The minimum absolute atomic E-state index is 0. The molecule has 1 saturated heterocycles. The van der Waals surface area contributed by atoms with Gasteiger partial charge in [-0.2, -0.15) is 8.42 Å². The fraction of sp³-hybridized carbons (Fsp3) is 0.684. The van der Waals surface area contributed by atoms with Crippen LogP contribution in [-0.4, -0.2) is 65.8 Å². The van der Waals surface area contributed by atoms with Gasteiger partial charge in [0.25, 0.3) is 10.1 Å². The Morgan fingerprint density at radius 2 is 1.24 bits per heavy atom. The molecule has 29 heavy (non-hydrogen) atoms. The van der Waals surface area contributed by atoms with Crippen molar-refractivity contribution in [3.8, 4) is 0 Å². The summed E-state index contributed by atoms with van der Waals surface area (Å²) in [5, 5.41) is 25.9. The van der Waals surface area contributed by atoms with Crippen LogP contribution in [-0.2, 0) is 19.0 Å². The molecule has 10 heteroatoms. The second-order valence-electron chi connectivity index (χ2n) is 6.84. The van der Waals surface area contributed by atoms with E-state index in [9.17, 15) is 13.5 Å². The minimum atomic E-state index is -3.78. The van der Waals surface area contributed by atoms with E-state index in [1.165, 1.54) is 26.0 Å². The van der Waals surface area contributed by atoms with Crippen molar-refractivity contribution in [1.82, 2.24) is 0 Å². The second-order valence-corrected chi connectivity index (χ2v) is 8.41. The molecule has 1 aliphatic heterocycles. The standard InChI is InChI=1S/C11H16O4S.C4H10O2.C4H8O.Na.H2O/c1-8-4-6-11(7-5-8)16(13,14)15-10(3)9(2)12;1-3(5)4(2)6;1-3-4(2)5-3;;/h4-7,9-10,12H,1-3H3;3-6H,1-2H3;3-4H,1-2H3;;1H2/q;;;+1;/p-1/t9-,10+;3-,4+;3-,4-;;/m0.0../s1. The monoisotopic (exact) mass is 446 g/mol. The Labute approximate surface area is 197 Å². The number of rotatable bonds is 5. The summed E-state index contributed by atoms with van der Waals surface area (Å²) in [7, 11) is -3.78. The number of epoxide rings is 1. The number of ether oxygens (including phenoxy) is 1. The van der Waals surface area contributed by atoms with Crippen LogP contribution in [0.3, 0.4) is 0 Å². The first kappa shape index (κ1) is 33.6. The molecule has 1 aliphatic rings. The molecule has 0 saturated carbocycles. The van der Waals surface area contributed by atoms with Crippen molar-refractivity contribution < 1.29 is 67.7 Å². The van der Waals surface area contributed by atoms with Crippen molar-refractivity contribution in [2.24, 2.45) is 0 Å². The Balaban J connectivity index is -0.000000431. The largest absolute Gasteiger partial charge is 1.00 e. The number of benzene rings is 1. The van der Waals surface area contributed by atoms with Crippen LogP contribution in [0, 0.1) is 6.92 Å². The van der Waals surface area contributed by atoms with Crippen LogP contribution in [0.5, 0.6) is 0 Å². The fourth-order valence-corrected chi connectivity index (χ4v) is 2.47. The molecule has 0 spiro atoms. The van der Waals surface area contributed by atoms with Gasteiger partial charge in [0, 0.05) is 0 Å². The summed E-state index contributed by atoms with van der Waals surface area (Å²) in [6.07, 6.45) is -1.67. The molecular formula is C19H35NaO8S. The van der Waals surface area contributed by atoms with Crippen LogP contribution in [0.4, 0.5) is 0 Å². The van der Waals surface area contributed by atoms with Gasteiger partial charge in [-0.3, -0.25) is 4.18 Å². The summed E-state index contributed by atoms with van der Waals surface area (Å²) in [6, 6.07) is 6.37. The Kier molecular flexibility index (Phi) is 18.2. The molecule has 0 aromatic heterocycles. The van der Waals surface area contributed by atoms with Crippen molar-refractivity contribution in [1.29, 1.82) is 0 Å². The van der Waals surface area contributed by atoms with Crippen molar-refractivity contribution in [3.05, 3.63) is 29.8 Å². The average Bonchev–Trinajstić information content (AvgIpc) is 3.20. The van der Waals surface area contributed by atoms with E-state index in [1.807, 2.05) is 6.92 Å². The molecular weight excluding hydrogens is 411 g/mol. The van der Waals surface area contributed by atoms with Crippen molar-refractivity contribution in [3.63, 3.8) is 0 Å². The Morgan fingerprint density at radius 1 is 0.897 bits per heavy atom. The SMILES string of the molecule is C[C@@H]1O[C@H]1C.C[C@H](O)[C@@H](C)O.Cc1ccc(S(=O)(=O)O[C@H](C)[C@H](C)O)cc1.[Na+].[OH-].